The van der Waals surface area contributed by atoms with E-state index < -0.39 is 0 Å². The number of benzene rings is 1. The van der Waals surface area contributed by atoms with Crippen LogP contribution in [0.2, 0.25) is 5.02 Å². The summed E-state index contributed by atoms with van der Waals surface area (Å²) in [6.45, 7) is 2.73. The molecule has 3 rings (SSSR count). The van der Waals surface area contributed by atoms with E-state index in [2.05, 4.69) is 22.3 Å². The summed E-state index contributed by atoms with van der Waals surface area (Å²) in [5, 5.41) is 3.97. The maximum atomic E-state index is 14.1. The highest BCUT2D eigenvalue weighted by molar-refractivity contribution is 14.0. The zero-order valence-electron chi connectivity index (χ0n) is 15.4. The number of hydrogen-bond donors (Lipinski definition) is 1. The normalized spacial score (nSPS) is 23.3. The van der Waals surface area contributed by atoms with Gasteiger partial charge in [-0.15, -0.1) is 24.0 Å². The highest BCUT2D eigenvalue weighted by Crippen LogP contribution is 2.44. The first-order chi connectivity index (χ1) is 12.1. The van der Waals surface area contributed by atoms with Gasteiger partial charge >= 0.3 is 0 Å². The SMILES string of the molecule is CN=C(NC1CC1c1c(F)cccc1Cl)N(C)CCC1CCOCC1.I. The Morgan fingerprint density at radius 2 is 2.12 bits per heavy atom. The molecule has 1 saturated heterocycles. The van der Waals surface area contributed by atoms with Crippen LogP contribution in [-0.2, 0) is 4.74 Å². The molecule has 0 aromatic heterocycles. The van der Waals surface area contributed by atoms with Crippen molar-refractivity contribution in [2.24, 2.45) is 10.9 Å². The van der Waals surface area contributed by atoms with Gasteiger partial charge in [-0.2, -0.15) is 0 Å². The lowest BCUT2D eigenvalue weighted by atomic mass is 9.96. The molecule has 0 amide bonds. The zero-order chi connectivity index (χ0) is 17.8. The van der Waals surface area contributed by atoms with E-state index in [4.69, 9.17) is 16.3 Å². The highest BCUT2D eigenvalue weighted by atomic mass is 127. The van der Waals surface area contributed by atoms with Crippen LogP contribution < -0.4 is 5.32 Å². The second-order valence-electron chi connectivity index (χ2n) is 7.04. The standard InChI is InChI=1S/C19H27ClFN3O.HI/c1-22-19(24(2)9-6-13-7-10-25-11-8-13)23-17-12-14(17)18-15(20)4-3-5-16(18)21;/h3-5,13-14,17H,6-12H2,1-2H3,(H,22,23);1H. The molecule has 1 aromatic rings. The Hall–Kier alpha value is -0.600. The second-order valence-corrected chi connectivity index (χ2v) is 7.45. The van der Waals surface area contributed by atoms with E-state index in [-0.39, 0.29) is 41.8 Å². The van der Waals surface area contributed by atoms with E-state index in [1.165, 1.54) is 6.07 Å². The van der Waals surface area contributed by atoms with E-state index in [0.717, 1.165) is 57.3 Å². The Bertz CT molecular complexity index is 605. The average molecular weight is 496 g/mol. The lowest BCUT2D eigenvalue weighted by Gasteiger charge is -2.27. The van der Waals surface area contributed by atoms with Crippen molar-refractivity contribution in [3.63, 3.8) is 0 Å². The molecule has 26 heavy (non-hydrogen) atoms. The molecule has 0 spiro atoms. The summed E-state index contributed by atoms with van der Waals surface area (Å²) >= 11 is 6.18. The Balaban J connectivity index is 0.00000243. The third-order valence-corrected chi connectivity index (χ3v) is 5.59. The van der Waals surface area contributed by atoms with Gasteiger partial charge in [-0.1, -0.05) is 17.7 Å². The predicted molar refractivity (Wildman–Crippen MR) is 115 cm³/mol. The molecule has 146 valence electrons. The second kappa shape index (κ2) is 10.1. The first-order valence-corrected chi connectivity index (χ1v) is 9.44. The van der Waals surface area contributed by atoms with Gasteiger partial charge in [0, 0.05) is 56.4 Å². The minimum absolute atomic E-state index is 0. The maximum Gasteiger partial charge on any atom is 0.193 e. The first-order valence-electron chi connectivity index (χ1n) is 9.06. The van der Waals surface area contributed by atoms with Crippen molar-refractivity contribution < 1.29 is 9.13 Å². The molecule has 1 N–H and O–H groups in total. The molecule has 1 saturated carbocycles. The van der Waals surface area contributed by atoms with Gasteiger partial charge in [0.25, 0.3) is 0 Å². The van der Waals surface area contributed by atoms with Crippen LogP contribution in [0.1, 0.15) is 37.2 Å². The van der Waals surface area contributed by atoms with Crippen molar-refractivity contribution in [2.45, 2.75) is 37.6 Å². The van der Waals surface area contributed by atoms with E-state index in [0.29, 0.717) is 10.6 Å². The van der Waals surface area contributed by atoms with Crippen molar-refractivity contribution in [1.82, 2.24) is 10.2 Å². The number of halogens is 3. The van der Waals surface area contributed by atoms with Crippen LogP contribution in [0.3, 0.4) is 0 Å². The number of nitrogens with one attached hydrogen (secondary N) is 1. The quantitative estimate of drug-likeness (QED) is 0.376. The summed E-state index contributed by atoms with van der Waals surface area (Å²) in [7, 11) is 3.85. The molecule has 1 aliphatic carbocycles. The van der Waals surface area contributed by atoms with Crippen LogP contribution in [-0.4, -0.2) is 50.8 Å². The number of nitrogens with zero attached hydrogens (tertiary/aromatic N) is 2. The number of hydrogen-bond acceptors (Lipinski definition) is 2. The molecule has 2 atom stereocenters. The van der Waals surface area contributed by atoms with Crippen LogP contribution >= 0.6 is 35.6 Å². The molecule has 7 heteroatoms. The van der Waals surface area contributed by atoms with Crippen molar-refractivity contribution in [2.75, 3.05) is 33.9 Å². The van der Waals surface area contributed by atoms with Crippen LogP contribution in [0.15, 0.2) is 23.2 Å². The van der Waals surface area contributed by atoms with E-state index in [1.54, 1.807) is 19.2 Å². The lowest BCUT2D eigenvalue weighted by Crippen LogP contribution is -2.41. The van der Waals surface area contributed by atoms with Gasteiger partial charge in [-0.25, -0.2) is 4.39 Å². The van der Waals surface area contributed by atoms with E-state index in [1.807, 2.05) is 0 Å². The number of guanidine groups is 1. The van der Waals surface area contributed by atoms with Crippen molar-refractivity contribution in [3.8, 4) is 0 Å². The van der Waals surface area contributed by atoms with Crippen LogP contribution in [0.4, 0.5) is 4.39 Å². The lowest BCUT2D eigenvalue weighted by molar-refractivity contribution is 0.0625. The molecular weight excluding hydrogens is 468 g/mol. The average Bonchev–Trinajstić information content (AvgIpc) is 3.37. The van der Waals surface area contributed by atoms with E-state index >= 15 is 0 Å². The van der Waals surface area contributed by atoms with Crippen LogP contribution in [0, 0.1) is 11.7 Å². The topological polar surface area (TPSA) is 36.9 Å². The largest absolute Gasteiger partial charge is 0.381 e. The summed E-state index contributed by atoms with van der Waals surface area (Å²) in [4.78, 5) is 6.55. The molecule has 0 bridgehead atoms. The van der Waals surface area contributed by atoms with Gasteiger partial charge in [0.15, 0.2) is 5.96 Å². The Kier molecular flexibility index (Phi) is 8.41. The maximum absolute atomic E-state index is 14.1. The summed E-state index contributed by atoms with van der Waals surface area (Å²) < 4.78 is 19.5. The Morgan fingerprint density at radius 3 is 2.77 bits per heavy atom. The van der Waals surface area contributed by atoms with Gasteiger partial charge < -0.3 is 15.0 Å². The minimum atomic E-state index is -0.218. The molecule has 1 heterocycles. The summed E-state index contributed by atoms with van der Waals surface area (Å²) in [5.74, 6) is 1.51. The smallest absolute Gasteiger partial charge is 0.193 e. The first kappa shape index (κ1) is 21.7. The fourth-order valence-electron chi connectivity index (χ4n) is 3.57. The van der Waals surface area contributed by atoms with Crippen LogP contribution in [0.25, 0.3) is 0 Å². The van der Waals surface area contributed by atoms with Crippen molar-refractivity contribution in [1.29, 1.82) is 0 Å². The molecule has 1 aromatic carbocycles. The molecule has 1 aliphatic heterocycles. The third-order valence-electron chi connectivity index (χ3n) is 5.26. The van der Waals surface area contributed by atoms with Gasteiger partial charge in [-0.3, -0.25) is 4.99 Å². The Morgan fingerprint density at radius 1 is 1.38 bits per heavy atom. The number of ether oxygens (including phenoxy) is 1. The monoisotopic (exact) mass is 495 g/mol. The Labute approximate surface area is 177 Å². The fraction of sp³-hybridized carbons (Fsp3) is 0.632. The van der Waals surface area contributed by atoms with Gasteiger partial charge in [0.1, 0.15) is 5.82 Å². The van der Waals surface area contributed by atoms with Gasteiger partial charge in [0.05, 0.1) is 0 Å². The predicted octanol–water partition coefficient (Wildman–Crippen LogP) is 4.28. The van der Waals surface area contributed by atoms with Crippen molar-refractivity contribution >= 4 is 41.5 Å². The highest BCUT2D eigenvalue weighted by Gasteiger charge is 2.42. The number of rotatable bonds is 5. The molecule has 2 fully saturated rings. The van der Waals surface area contributed by atoms with Gasteiger partial charge in [0.2, 0.25) is 0 Å². The summed E-state index contributed by atoms with van der Waals surface area (Å²) in [5.41, 5.74) is 0.627. The summed E-state index contributed by atoms with van der Waals surface area (Å²) in [6, 6.07) is 5.07. The van der Waals surface area contributed by atoms with E-state index in [9.17, 15) is 4.39 Å². The molecule has 2 unspecified atom stereocenters. The van der Waals surface area contributed by atoms with Gasteiger partial charge in [-0.05, 0) is 43.7 Å². The number of aliphatic imine (C=N–C) groups is 1. The minimum Gasteiger partial charge on any atom is -0.381 e. The van der Waals surface area contributed by atoms with Crippen LogP contribution in [0.5, 0.6) is 0 Å². The summed E-state index contributed by atoms with van der Waals surface area (Å²) in [6.07, 6.45) is 4.33. The zero-order valence-corrected chi connectivity index (χ0v) is 18.5. The third kappa shape index (κ3) is 5.45. The molecule has 0 radical (unpaired) electrons. The molecule has 4 nitrogen and oxygen atoms in total. The molecular formula is C19H28ClFIN3O. The van der Waals surface area contributed by atoms with Crippen molar-refractivity contribution in [3.05, 3.63) is 34.6 Å². The fourth-order valence-corrected chi connectivity index (χ4v) is 3.87. The molecule has 2 aliphatic rings.